The molecule has 0 amide bonds. The molecule has 1 fully saturated rings. The van der Waals surface area contributed by atoms with Crippen molar-refractivity contribution in [1.29, 1.82) is 0 Å². The van der Waals surface area contributed by atoms with Crippen LogP contribution in [0.5, 0.6) is 0 Å². The molecular formula is C16H21NO3. The van der Waals surface area contributed by atoms with Crippen LogP contribution >= 0.6 is 0 Å². The Bertz CT molecular complexity index is 458. The van der Waals surface area contributed by atoms with Gasteiger partial charge in [-0.15, -0.1) is 0 Å². The molecule has 0 aliphatic carbocycles. The van der Waals surface area contributed by atoms with Crippen LogP contribution in [0.2, 0.25) is 0 Å². The fourth-order valence-electron chi connectivity index (χ4n) is 2.27. The molecule has 0 radical (unpaired) electrons. The second-order valence-electron chi connectivity index (χ2n) is 4.80. The van der Waals surface area contributed by atoms with Crippen LogP contribution in [0.1, 0.15) is 12.5 Å². The Labute approximate surface area is 120 Å². The van der Waals surface area contributed by atoms with Gasteiger partial charge in [0, 0.05) is 19.6 Å². The van der Waals surface area contributed by atoms with Gasteiger partial charge in [-0.1, -0.05) is 36.9 Å². The van der Waals surface area contributed by atoms with Crippen LogP contribution < -0.4 is 0 Å². The van der Waals surface area contributed by atoms with Crippen LogP contribution in [0.15, 0.2) is 42.7 Å². The van der Waals surface area contributed by atoms with E-state index >= 15 is 0 Å². The lowest BCUT2D eigenvalue weighted by atomic mass is 10.1. The third-order valence-electron chi connectivity index (χ3n) is 3.29. The summed E-state index contributed by atoms with van der Waals surface area (Å²) in [6.07, 6.45) is -0.466. The molecule has 1 saturated heterocycles. The number of morpholine rings is 1. The summed E-state index contributed by atoms with van der Waals surface area (Å²) in [6.45, 7) is 8.75. The predicted molar refractivity (Wildman–Crippen MR) is 77.2 cm³/mol. The first-order chi connectivity index (χ1) is 9.70. The second-order valence-corrected chi connectivity index (χ2v) is 4.80. The normalized spacial score (nSPS) is 19.6. The Morgan fingerprint density at radius 3 is 2.90 bits per heavy atom. The van der Waals surface area contributed by atoms with Crippen molar-refractivity contribution in [2.75, 3.05) is 26.3 Å². The third-order valence-corrected chi connectivity index (χ3v) is 3.29. The zero-order valence-electron chi connectivity index (χ0n) is 11.9. The molecule has 2 rings (SSSR count). The van der Waals surface area contributed by atoms with E-state index in [9.17, 15) is 4.79 Å². The molecule has 1 atom stereocenters. The highest BCUT2D eigenvalue weighted by atomic mass is 16.5. The first kappa shape index (κ1) is 14.8. The Morgan fingerprint density at radius 1 is 1.45 bits per heavy atom. The fourth-order valence-corrected chi connectivity index (χ4v) is 2.27. The number of hydrogen-bond acceptors (Lipinski definition) is 4. The number of ketones is 1. The number of benzene rings is 1. The van der Waals surface area contributed by atoms with Crippen molar-refractivity contribution in [1.82, 2.24) is 4.90 Å². The van der Waals surface area contributed by atoms with E-state index in [2.05, 4.69) is 23.6 Å². The summed E-state index contributed by atoms with van der Waals surface area (Å²) in [5.74, 6) is 0.0451. The number of hydrogen-bond donors (Lipinski definition) is 0. The highest BCUT2D eigenvalue weighted by Gasteiger charge is 2.28. The highest BCUT2D eigenvalue weighted by molar-refractivity contribution is 5.96. The number of ether oxygens (including phenoxy) is 2. The van der Waals surface area contributed by atoms with Gasteiger partial charge in [-0.2, -0.15) is 0 Å². The summed E-state index contributed by atoms with van der Waals surface area (Å²) in [5, 5.41) is 0. The molecule has 20 heavy (non-hydrogen) atoms. The average Bonchev–Trinajstić information content (AvgIpc) is 2.48. The maximum absolute atomic E-state index is 12.1. The lowest BCUT2D eigenvalue weighted by Gasteiger charge is -2.32. The van der Waals surface area contributed by atoms with Crippen molar-refractivity contribution in [3.63, 3.8) is 0 Å². The molecule has 1 aliphatic rings. The van der Waals surface area contributed by atoms with Gasteiger partial charge in [-0.25, -0.2) is 0 Å². The molecule has 0 saturated carbocycles. The predicted octanol–water partition coefficient (Wildman–Crippen LogP) is 2.01. The van der Waals surface area contributed by atoms with E-state index in [1.54, 1.807) is 0 Å². The van der Waals surface area contributed by atoms with E-state index in [4.69, 9.17) is 9.47 Å². The summed E-state index contributed by atoms with van der Waals surface area (Å²) < 4.78 is 10.7. The Kier molecular flexibility index (Phi) is 5.32. The summed E-state index contributed by atoms with van der Waals surface area (Å²) in [6, 6.07) is 10.2. The van der Waals surface area contributed by atoms with Gasteiger partial charge in [-0.3, -0.25) is 9.69 Å². The van der Waals surface area contributed by atoms with Crippen LogP contribution in [0.3, 0.4) is 0 Å². The molecule has 0 spiro atoms. The Hall–Kier alpha value is -1.65. The minimum absolute atomic E-state index is 0.149. The Morgan fingerprint density at radius 2 is 2.20 bits per heavy atom. The highest BCUT2D eigenvalue weighted by Crippen LogP contribution is 2.13. The zero-order chi connectivity index (χ0) is 14.4. The zero-order valence-corrected chi connectivity index (χ0v) is 11.9. The van der Waals surface area contributed by atoms with E-state index in [1.807, 2.05) is 25.1 Å². The maximum atomic E-state index is 12.1. The van der Waals surface area contributed by atoms with Crippen molar-refractivity contribution in [3.05, 3.63) is 48.2 Å². The van der Waals surface area contributed by atoms with Crippen LogP contribution in [0.25, 0.3) is 0 Å². The van der Waals surface area contributed by atoms with E-state index in [0.29, 0.717) is 19.8 Å². The lowest BCUT2D eigenvalue weighted by molar-refractivity contribution is -0.136. The van der Waals surface area contributed by atoms with Gasteiger partial charge in [0.25, 0.3) is 0 Å². The number of Topliss-reactive ketones (excluding diaryl/α,β-unsaturated/α-hetero) is 1. The maximum Gasteiger partial charge on any atom is 0.226 e. The quantitative estimate of drug-likeness (QED) is 0.588. The van der Waals surface area contributed by atoms with E-state index in [0.717, 1.165) is 13.1 Å². The molecule has 1 aromatic carbocycles. The van der Waals surface area contributed by atoms with Crippen molar-refractivity contribution in [2.45, 2.75) is 19.6 Å². The summed E-state index contributed by atoms with van der Waals surface area (Å²) in [7, 11) is 0. The molecule has 4 heteroatoms. The molecule has 1 unspecified atom stereocenters. The van der Waals surface area contributed by atoms with Gasteiger partial charge in [0.1, 0.15) is 6.10 Å². The number of carbonyl (C=O) groups excluding carboxylic acids is 1. The van der Waals surface area contributed by atoms with Crippen molar-refractivity contribution < 1.29 is 14.3 Å². The number of carbonyl (C=O) groups is 1. The van der Waals surface area contributed by atoms with Crippen molar-refractivity contribution in [2.24, 2.45) is 0 Å². The molecular weight excluding hydrogens is 254 g/mol. The molecule has 0 bridgehead atoms. The van der Waals surface area contributed by atoms with E-state index in [-0.39, 0.29) is 11.5 Å². The van der Waals surface area contributed by atoms with E-state index < -0.39 is 6.10 Å². The van der Waals surface area contributed by atoms with Crippen LogP contribution in [-0.2, 0) is 20.8 Å². The van der Waals surface area contributed by atoms with E-state index in [1.165, 1.54) is 5.56 Å². The Balaban J connectivity index is 1.91. The van der Waals surface area contributed by atoms with Gasteiger partial charge in [-0.05, 0) is 12.5 Å². The second kappa shape index (κ2) is 7.22. The standard InChI is InChI=1S/C16H21NO3/c1-3-19-13(2)16(18)15-12-17(9-10-20-15)11-14-7-5-4-6-8-14/h4-8,15H,2-3,9-12H2,1H3. The SMILES string of the molecule is C=C(OCC)C(=O)C1CN(Cc2ccccc2)CCO1. The summed E-state index contributed by atoms with van der Waals surface area (Å²) >= 11 is 0. The first-order valence-corrected chi connectivity index (χ1v) is 6.94. The number of rotatable bonds is 6. The smallest absolute Gasteiger partial charge is 0.226 e. The molecule has 1 heterocycles. The molecule has 1 aromatic rings. The molecule has 4 nitrogen and oxygen atoms in total. The average molecular weight is 275 g/mol. The van der Waals surface area contributed by atoms with Crippen LogP contribution in [-0.4, -0.2) is 43.1 Å². The number of nitrogens with zero attached hydrogens (tertiary/aromatic N) is 1. The minimum atomic E-state index is -0.466. The van der Waals surface area contributed by atoms with Gasteiger partial charge in [0.15, 0.2) is 5.76 Å². The van der Waals surface area contributed by atoms with Gasteiger partial charge in [0.2, 0.25) is 5.78 Å². The minimum Gasteiger partial charge on any atom is -0.491 e. The summed E-state index contributed by atoms with van der Waals surface area (Å²) in [5.41, 5.74) is 1.24. The molecule has 108 valence electrons. The summed E-state index contributed by atoms with van der Waals surface area (Å²) in [4.78, 5) is 14.3. The molecule has 0 N–H and O–H groups in total. The van der Waals surface area contributed by atoms with Crippen molar-refractivity contribution in [3.8, 4) is 0 Å². The third kappa shape index (κ3) is 3.92. The first-order valence-electron chi connectivity index (χ1n) is 6.94. The van der Waals surface area contributed by atoms with Gasteiger partial charge in [0.05, 0.1) is 13.2 Å². The fraction of sp³-hybridized carbons (Fsp3) is 0.438. The van der Waals surface area contributed by atoms with Gasteiger partial charge < -0.3 is 9.47 Å². The largest absolute Gasteiger partial charge is 0.491 e. The lowest BCUT2D eigenvalue weighted by Crippen LogP contribution is -2.46. The topological polar surface area (TPSA) is 38.8 Å². The molecule has 1 aliphatic heterocycles. The monoisotopic (exact) mass is 275 g/mol. The molecule has 0 aromatic heterocycles. The van der Waals surface area contributed by atoms with Gasteiger partial charge >= 0.3 is 0 Å². The van der Waals surface area contributed by atoms with Crippen LogP contribution in [0.4, 0.5) is 0 Å². The van der Waals surface area contributed by atoms with Crippen LogP contribution in [0, 0.1) is 0 Å². The van der Waals surface area contributed by atoms with Crippen molar-refractivity contribution >= 4 is 5.78 Å².